The van der Waals surface area contributed by atoms with E-state index in [2.05, 4.69) is 98.1 Å². The van der Waals surface area contributed by atoms with E-state index >= 15 is 0 Å². The van der Waals surface area contributed by atoms with Crippen LogP contribution in [-0.4, -0.2) is 67.2 Å². The van der Waals surface area contributed by atoms with Gasteiger partial charge >= 0.3 is 0 Å². The van der Waals surface area contributed by atoms with Gasteiger partial charge in [0, 0.05) is 39.1 Å². The van der Waals surface area contributed by atoms with Crippen LogP contribution in [0.15, 0.2) is 83.7 Å². The van der Waals surface area contributed by atoms with Crippen LogP contribution in [0.25, 0.3) is 16.7 Å². The summed E-state index contributed by atoms with van der Waals surface area (Å²) < 4.78 is 3.93. The van der Waals surface area contributed by atoms with E-state index in [1.807, 2.05) is 23.6 Å². The van der Waals surface area contributed by atoms with Gasteiger partial charge in [0.15, 0.2) is 0 Å². The van der Waals surface area contributed by atoms with Crippen LogP contribution < -0.4 is 5.56 Å². The third-order valence-electron chi connectivity index (χ3n) is 8.16. The summed E-state index contributed by atoms with van der Waals surface area (Å²) in [5.41, 5.74) is 4.70. The molecule has 8 heteroatoms. The number of nitrogens with zero attached hydrogens (tertiary/aromatic N) is 6. The molecule has 0 unspecified atom stereocenters. The Hall–Kier alpha value is -3.85. The first kappa shape index (κ1) is 28.7. The van der Waals surface area contributed by atoms with E-state index in [0.717, 1.165) is 74.3 Å². The monoisotopic (exact) mass is 552 g/mol. The molecule has 2 N–H and O–H groups in total. The highest BCUT2D eigenvalue weighted by Gasteiger charge is 2.26. The molecule has 214 valence electrons. The maximum absolute atomic E-state index is 13.6. The minimum atomic E-state index is 0. The molecule has 0 bridgehead atoms. The summed E-state index contributed by atoms with van der Waals surface area (Å²) in [5.74, 6) is 1.57. The first-order chi connectivity index (χ1) is 19.6. The highest BCUT2D eigenvalue weighted by Crippen LogP contribution is 2.29. The Balaban J connectivity index is 0.00000337. The molecule has 0 saturated carbocycles. The highest BCUT2D eigenvalue weighted by atomic mass is 16.1. The van der Waals surface area contributed by atoms with Crippen molar-refractivity contribution in [3.05, 3.63) is 112 Å². The molecule has 5 aromatic rings. The molecule has 0 atom stereocenters. The maximum atomic E-state index is 13.6. The largest absolute Gasteiger partial charge is 0.412 e. The van der Waals surface area contributed by atoms with Crippen molar-refractivity contribution in [1.82, 2.24) is 29.0 Å². The number of aryl methyl sites for hydroxylation is 3. The predicted octanol–water partition coefficient (Wildman–Crippen LogP) is 4.28. The van der Waals surface area contributed by atoms with Gasteiger partial charge in [-0.05, 0) is 49.6 Å². The molecule has 41 heavy (non-hydrogen) atoms. The summed E-state index contributed by atoms with van der Waals surface area (Å²) in [6, 6.07) is 28.0. The average Bonchev–Trinajstić information content (AvgIpc) is 3.40. The van der Waals surface area contributed by atoms with Gasteiger partial charge in [-0.3, -0.25) is 18.7 Å². The second-order valence-electron chi connectivity index (χ2n) is 10.9. The molecule has 1 saturated heterocycles. The molecular formula is C33H40N6O2. The Bertz CT molecular complexity index is 1600. The van der Waals surface area contributed by atoms with Crippen molar-refractivity contribution in [2.45, 2.75) is 45.7 Å². The summed E-state index contributed by atoms with van der Waals surface area (Å²) in [6.07, 6.45) is 2.71. The van der Waals surface area contributed by atoms with E-state index in [-0.39, 0.29) is 17.1 Å². The van der Waals surface area contributed by atoms with E-state index in [1.165, 1.54) is 11.1 Å². The van der Waals surface area contributed by atoms with Crippen LogP contribution in [0.2, 0.25) is 0 Å². The normalized spacial score (nSPS) is 14.6. The molecule has 0 aliphatic carbocycles. The van der Waals surface area contributed by atoms with Crippen LogP contribution in [0.3, 0.4) is 0 Å². The molecule has 6 rings (SSSR count). The van der Waals surface area contributed by atoms with Gasteiger partial charge in [-0.1, -0.05) is 79.2 Å². The minimum Gasteiger partial charge on any atom is -0.412 e. The van der Waals surface area contributed by atoms with Gasteiger partial charge in [-0.25, -0.2) is 0 Å². The molecule has 0 radical (unpaired) electrons. The van der Waals surface area contributed by atoms with Crippen molar-refractivity contribution in [3.63, 3.8) is 0 Å². The van der Waals surface area contributed by atoms with Crippen molar-refractivity contribution in [1.29, 1.82) is 0 Å². The smallest absolute Gasteiger partial charge is 0.262 e. The van der Waals surface area contributed by atoms with Crippen LogP contribution >= 0.6 is 0 Å². The van der Waals surface area contributed by atoms with E-state index in [9.17, 15) is 4.79 Å². The van der Waals surface area contributed by atoms with Gasteiger partial charge in [0.2, 0.25) is 5.78 Å². The predicted molar refractivity (Wildman–Crippen MR) is 164 cm³/mol. The Kier molecular flexibility index (Phi) is 8.93. The first-order valence-corrected chi connectivity index (χ1v) is 14.6. The zero-order chi connectivity index (χ0) is 27.5. The molecule has 1 fully saturated rings. The zero-order valence-corrected chi connectivity index (χ0v) is 24.0. The van der Waals surface area contributed by atoms with E-state index in [0.29, 0.717) is 12.3 Å². The summed E-state index contributed by atoms with van der Waals surface area (Å²) in [4.78, 5) is 18.7. The number of piperazine rings is 1. The fourth-order valence-corrected chi connectivity index (χ4v) is 6.15. The molecular weight excluding hydrogens is 512 g/mol. The number of fused-ring (bicyclic) bond motifs is 3. The molecule has 8 nitrogen and oxygen atoms in total. The Morgan fingerprint density at radius 3 is 2.12 bits per heavy atom. The van der Waals surface area contributed by atoms with Crippen LogP contribution in [0, 0.1) is 6.92 Å². The van der Waals surface area contributed by atoms with Gasteiger partial charge < -0.3 is 10.4 Å². The Morgan fingerprint density at radius 2 is 1.49 bits per heavy atom. The van der Waals surface area contributed by atoms with Gasteiger partial charge in [-0.2, -0.15) is 0 Å². The van der Waals surface area contributed by atoms with Crippen molar-refractivity contribution in [2.75, 3.05) is 32.7 Å². The average molecular weight is 553 g/mol. The van der Waals surface area contributed by atoms with E-state index in [1.54, 1.807) is 0 Å². The van der Waals surface area contributed by atoms with E-state index < -0.39 is 0 Å². The molecule has 1 aliphatic rings. The van der Waals surface area contributed by atoms with Crippen LogP contribution in [0.1, 0.15) is 48.3 Å². The second-order valence-corrected chi connectivity index (χ2v) is 10.9. The highest BCUT2D eigenvalue weighted by molar-refractivity contribution is 5.81. The summed E-state index contributed by atoms with van der Waals surface area (Å²) in [6.45, 7) is 9.82. The summed E-state index contributed by atoms with van der Waals surface area (Å²) >= 11 is 0. The molecule has 3 aromatic carbocycles. The molecule has 1 aliphatic heterocycles. The van der Waals surface area contributed by atoms with E-state index in [4.69, 9.17) is 0 Å². The lowest BCUT2D eigenvalue weighted by molar-refractivity contribution is 0.108. The lowest BCUT2D eigenvalue weighted by Crippen LogP contribution is -2.48. The molecule has 2 aromatic heterocycles. The van der Waals surface area contributed by atoms with Crippen molar-refractivity contribution >= 4 is 16.7 Å². The summed E-state index contributed by atoms with van der Waals surface area (Å²) in [5, 5.41) is 9.69. The lowest BCUT2D eigenvalue weighted by Gasteiger charge is -2.39. The zero-order valence-electron chi connectivity index (χ0n) is 24.0. The summed E-state index contributed by atoms with van der Waals surface area (Å²) in [7, 11) is 0. The van der Waals surface area contributed by atoms with Crippen molar-refractivity contribution in [3.8, 4) is 0 Å². The topological polar surface area (TPSA) is 90.2 Å². The third kappa shape index (κ3) is 5.81. The van der Waals surface area contributed by atoms with Gasteiger partial charge in [0.05, 0.1) is 16.9 Å². The molecule has 0 amide bonds. The van der Waals surface area contributed by atoms with Crippen molar-refractivity contribution < 1.29 is 5.48 Å². The number of aromatic nitrogens is 4. The maximum Gasteiger partial charge on any atom is 0.262 e. The van der Waals surface area contributed by atoms with Crippen molar-refractivity contribution in [2.24, 2.45) is 0 Å². The van der Waals surface area contributed by atoms with Gasteiger partial charge in [0.1, 0.15) is 5.82 Å². The van der Waals surface area contributed by atoms with Gasteiger partial charge in [-0.15, -0.1) is 10.2 Å². The Morgan fingerprint density at radius 1 is 0.829 bits per heavy atom. The lowest BCUT2D eigenvalue weighted by atomic mass is 9.96. The molecule has 3 heterocycles. The standard InChI is InChI=1S/C33H38N6O.H2O/c1-3-11-30-34-35-33-38(32(40)28-24-25(2)16-17-29(28)39(30)33)19-10-18-36-20-22-37(23-21-36)31(26-12-6-4-7-13-26)27-14-8-5-9-15-27;/h4-9,12-17,24,31H,3,10-11,18-23H2,1-2H3;1H2. The minimum absolute atomic E-state index is 0. The number of benzene rings is 3. The molecule has 0 spiro atoms. The third-order valence-corrected chi connectivity index (χ3v) is 8.16. The first-order valence-electron chi connectivity index (χ1n) is 14.6. The number of rotatable bonds is 9. The van der Waals surface area contributed by atoms with Crippen LogP contribution in [0.4, 0.5) is 0 Å². The fourth-order valence-electron chi connectivity index (χ4n) is 6.15. The Labute approximate surface area is 241 Å². The van der Waals surface area contributed by atoms with Crippen LogP contribution in [0.5, 0.6) is 0 Å². The van der Waals surface area contributed by atoms with Crippen LogP contribution in [-0.2, 0) is 13.0 Å². The number of hydrogen-bond donors (Lipinski definition) is 0. The fraction of sp³-hybridized carbons (Fsp3) is 0.364. The quantitative estimate of drug-likeness (QED) is 0.272. The second kappa shape index (κ2) is 12.8. The number of hydrogen-bond acceptors (Lipinski definition) is 5. The SMILES string of the molecule is CCCc1nnc2n(CCCN3CCN(C(c4ccccc4)c4ccccc4)CC3)c(=O)c3cc(C)ccc3n12.O. The van der Waals surface area contributed by atoms with Gasteiger partial charge in [0.25, 0.3) is 5.56 Å².